The lowest BCUT2D eigenvalue weighted by Crippen LogP contribution is -2.23. The van der Waals surface area contributed by atoms with Gasteiger partial charge in [0.25, 0.3) is 0 Å². The SMILES string of the molecule is C=CCO[C@@H]1CCN(Cc2sc(N(C)C)nc2C)C1. The summed E-state index contributed by atoms with van der Waals surface area (Å²) < 4.78 is 5.71. The standard InChI is InChI=1S/C14H23N3OS/c1-5-8-18-12-6-7-17(9-12)10-13-11(2)15-14(19-13)16(3)4/h5,12H,1,6-10H2,2-4H3/t12-/m1/s1. The Hall–Kier alpha value is -0.910. The van der Waals surface area contributed by atoms with Crippen molar-refractivity contribution in [3.63, 3.8) is 0 Å². The van der Waals surface area contributed by atoms with E-state index >= 15 is 0 Å². The number of anilines is 1. The summed E-state index contributed by atoms with van der Waals surface area (Å²) in [7, 11) is 4.08. The largest absolute Gasteiger partial charge is 0.373 e. The molecule has 2 rings (SSSR count). The van der Waals surface area contributed by atoms with Crippen LogP contribution in [0.5, 0.6) is 0 Å². The van der Waals surface area contributed by atoms with E-state index in [0.717, 1.165) is 36.9 Å². The fourth-order valence-electron chi connectivity index (χ4n) is 2.23. The molecule has 106 valence electrons. The van der Waals surface area contributed by atoms with Crippen LogP contribution >= 0.6 is 11.3 Å². The first-order chi connectivity index (χ1) is 9.10. The van der Waals surface area contributed by atoms with Gasteiger partial charge in [0.05, 0.1) is 18.4 Å². The van der Waals surface area contributed by atoms with Crippen molar-refractivity contribution in [3.05, 3.63) is 23.2 Å². The molecule has 0 unspecified atom stereocenters. The molecule has 4 nitrogen and oxygen atoms in total. The Bertz CT molecular complexity index is 430. The van der Waals surface area contributed by atoms with Crippen LogP contribution in [-0.4, -0.2) is 49.8 Å². The van der Waals surface area contributed by atoms with Crippen LogP contribution in [0.4, 0.5) is 5.13 Å². The molecule has 1 aliphatic heterocycles. The molecular weight excluding hydrogens is 258 g/mol. The molecule has 0 spiro atoms. The normalized spacial score (nSPS) is 19.8. The maximum absolute atomic E-state index is 5.71. The molecule has 1 atom stereocenters. The van der Waals surface area contributed by atoms with Crippen molar-refractivity contribution >= 4 is 16.5 Å². The summed E-state index contributed by atoms with van der Waals surface area (Å²) >= 11 is 1.79. The van der Waals surface area contributed by atoms with E-state index in [-0.39, 0.29) is 0 Å². The van der Waals surface area contributed by atoms with Gasteiger partial charge >= 0.3 is 0 Å². The van der Waals surface area contributed by atoms with Gasteiger partial charge in [0.2, 0.25) is 0 Å². The minimum absolute atomic E-state index is 0.361. The maximum Gasteiger partial charge on any atom is 0.185 e. The molecule has 2 heterocycles. The Labute approximate surface area is 119 Å². The number of ether oxygens (including phenoxy) is 1. The second-order valence-electron chi connectivity index (χ2n) is 5.17. The number of nitrogens with zero attached hydrogens (tertiary/aromatic N) is 3. The highest BCUT2D eigenvalue weighted by Gasteiger charge is 2.24. The Kier molecular flexibility index (Phi) is 4.96. The fourth-order valence-corrected chi connectivity index (χ4v) is 3.26. The molecule has 0 N–H and O–H groups in total. The smallest absolute Gasteiger partial charge is 0.185 e. The number of rotatable bonds is 6. The minimum atomic E-state index is 0.361. The molecule has 1 aliphatic rings. The topological polar surface area (TPSA) is 28.6 Å². The first kappa shape index (κ1) is 14.5. The molecule has 1 saturated heterocycles. The third-order valence-electron chi connectivity index (χ3n) is 3.31. The van der Waals surface area contributed by atoms with E-state index in [1.807, 2.05) is 20.2 Å². The van der Waals surface area contributed by atoms with Gasteiger partial charge in [-0.1, -0.05) is 6.08 Å². The predicted octanol–water partition coefficient (Wildman–Crippen LogP) is 2.29. The van der Waals surface area contributed by atoms with Gasteiger partial charge in [-0.2, -0.15) is 0 Å². The number of likely N-dealkylation sites (tertiary alicyclic amines) is 1. The van der Waals surface area contributed by atoms with Gasteiger partial charge in [-0.05, 0) is 13.3 Å². The van der Waals surface area contributed by atoms with E-state index in [0.29, 0.717) is 12.7 Å². The highest BCUT2D eigenvalue weighted by atomic mass is 32.1. The monoisotopic (exact) mass is 281 g/mol. The van der Waals surface area contributed by atoms with Crippen LogP contribution in [0.3, 0.4) is 0 Å². The van der Waals surface area contributed by atoms with Crippen molar-refractivity contribution in [2.75, 3.05) is 38.7 Å². The Morgan fingerprint density at radius 2 is 2.37 bits per heavy atom. The van der Waals surface area contributed by atoms with Crippen molar-refractivity contribution in [3.8, 4) is 0 Å². The summed E-state index contributed by atoms with van der Waals surface area (Å²) in [6.07, 6.45) is 3.30. The van der Waals surface area contributed by atoms with E-state index in [9.17, 15) is 0 Å². The number of hydrogen-bond acceptors (Lipinski definition) is 5. The summed E-state index contributed by atoms with van der Waals surface area (Å²) in [5.41, 5.74) is 1.16. The minimum Gasteiger partial charge on any atom is -0.373 e. The van der Waals surface area contributed by atoms with Crippen LogP contribution in [0.2, 0.25) is 0 Å². The molecule has 0 aliphatic carbocycles. The van der Waals surface area contributed by atoms with Crippen LogP contribution in [0.25, 0.3) is 0 Å². The lowest BCUT2D eigenvalue weighted by atomic mass is 10.3. The Balaban J connectivity index is 1.90. The first-order valence-corrected chi connectivity index (χ1v) is 7.50. The molecule has 0 amide bonds. The average Bonchev–Trinajstić information content (AvgIpc) is 2.95. The van der Waals surface area contributed by atoms with Gasteiger partial charge < -0.3 is 9.64 Å². The van der Waals surface area contributed by atoms with E-state index < -0.39 is 0 Å². The summed E-state index contributed by atoms with van der Waals surface area (Å²) in [6.45, 7) is 9.56. The van der Waals surface area contributed by atoms with Crippen molar-refractivity contribution in [1.29, 1.82) is 0 Å². The average molecular weight is 281 g/mol. The molecule has 19 heavy (non-hydrogen) atoms. The van der Waals surface area contributed by atoms with Gasteiger partial charge in [-0.15, -0.1) is 17.9 Å². The highest BCUT2D eigenvalue weighted by molar-refractivity contribution is 7.15. The summed E-state index contributed by atoms with van der Waals surface area (Å²) in [5, 5.41) is 1.09. The highest BCUT2D eigenvalue weighted by Crippen LogP contribution is 2.27. The van der Waals surface area contributed by atoms with Crippen LogP contribution in [-0.2, 0) is 11.3 Å². The molecule has 0 saturated carbocycles. The zero-order valence-electron chi connectivity index (χ0n) is 12.1. The second-order valence-corrected chi connectivity index (χ2v) is 6.23. The number of aromatic nitrogens is 1. The maximum atomic E-state index is 5.71. The van der Waals surface area contributed by atoms with E-state index in [4.69, 9.17) is 4.74 Å². The fraction of sp³-hybridized carbons (Fsp3) is 0.643. The number of hydrogen-bond donors (Lipinski definition) is 0. The van der Waals surface area contributed by atoms with E-state index in [1.54, 1.807) is 11.3 Å². The zero-order chi connectivity index (χ0) is 13.8. The van der Waals surface area contributed by atoms with Crippen molar-refractivity contribution < 1.29 is 4.74 Å². The van der Waals surface area contributed by atoms with Crippen molar-refractivity contribution in [1.82, 2.24) is 9.88 Å². The quantitative estimate of drug-likeness (QED) is 0.748. The summed E-state index contributed by atoms with van der Waals surface area (Å²) in [4.78, 5) is 10.5. The molecule has 0 aromatic carbocycles. The third-order valence-corrected chi connectivity index (χ3v) is 4.62. The Morgan fingerprint density at radius 1 is 1.58 bits per heavy atom. The lowest BCUT2D eigenvalue weighted by molar-refractivity contribution is 0.0796. The van der Waals surface area contributed by atoms with Gasteiger partial charge in [0.15, 0.2) is 5.13 Å². The molecule has 0 radical (unpaired) electrons. The molecule has 5 heteroatoms. The van der Waals surface area contributed by atoms with Gasteiger partial charge in [0, 0.05) is 38.6 Å². The van der Waals surface area contributed by atoms with Crippen LogP contribution in [0.1, 0.15) is 17.0 Å². The van der Waals surface area contributed by atoms with E-state index in [1.165, 1.54) is 4.88 Å². The molecular formula is C14H23N3OS. The number of thiazole rings is 1. The summed E-state index contributed by atoms with van der Waals surface area (Å²) in [6, 6.07) is 0. The zero-order valence-corrected chi connectivity index (χ0v) is 12.9. The van der Waals surface area contributed by atoms with Crippen LogP contribution in [0, 0.1) is 6.92 Å². The summed E-state index contributed by atoms with van der Waals surface area (Å²) in [5.74, 6) is 0. The predicted molar refractivity (Wildman–Crippen MR) is 81.0 cm³/mol. The molecule has 1 fully saturated rings. The van der Waals surface area contributed by atoms with Crippen LogP contribution < -0.4 is 4.90 Å². The van der Waals surface area contributed by atoms with Crippen LogP contribution in [0.15, 0.2) is 12.7 Å². The first-order valence-electron chi connectivity index (χ1n) is 6.68. The molecule has 1 aromatic rings. The number of aryl methyl sites for hydroxylation is 1. The van der Waals surface area contributed by atoms with Gasteiger partial charge in [0.1, 0.15) is 0 Å². The van der Waals surface area contributed by atoms with Gasteiger partial charge in [-0.3, -0.25) is 4.90 Å². The molecule has 1 aromatic heterocycles. The lowest BCUT2D eigenvalue weighted by Gasteiger charge is -2.15. The molecule has 0 bridgehead atoms. The second kappa shape index (κ2) is 6.50. The van der Waals surface area contributed by atoms with E-state index in [2.05, 4.69) is 28.3 Å². The third kappa shape index (κ3) is 3.78. The Morgan fingerprint density at radius 3 is 3.00 bits per heavy atom. The van der Waals surface area contributed by atoms with Crippen molar-refractivity contribution in [2.45, 2.75) is 26.0 Å². The van der Waals surface area contributed by atoms with Crippen molar-refractivity contribution in [2.24, 2.45) is 0 Å². The van der Waals surface area contributed by atoms with Gasteiger partial charge in [-0.25, -0.2) is 4.98 Å².